The first kappa shape index (κ1) is 15.6. The molecule has 2 unspecified atom stereocenters. The van der Waals surface area contributed by atoms with Gasteiger partial charge in [0.15, 0.2) is 0 Å². The molecule has 2 aliphatic rings. The monoisotopic (exact) mass is 346 g/mol. The predicted octanol–water partition coefficient (Wildman–Crippen LogP) is 1.41. The Balaban J connectivity index is 1.66. The maximum atomic E-state index is 12.6. The summed E-state index contributed by atoms with van der Waals surface area (Å²) >= 11 is 6.39. The lowest BCUT2D eigenvalue weighted by atomic mass is 10.1. The number of fused-ring (bicyclic) bond motifs is 1. The van der Waals surface area contributed by atoms with Crippen molar-refractivity contribution in [3.8, 4) is 5.69 Å². The van der Waals surface area contributed by atoms with Gasteiger partial charge < -0.3 is 9.64 Å². The third-order valence-corrected chi connectivity index (χ3v) is 5.18. The normalized spacial score (nSPS) is 24.2. The minimum atomic E-state index is -0.301. The highest BCUT2D eigenvalue weighted by Crippen LogP contribution is 2.29. The first-order chi connectivity index (χ1) is 11.6. The van der Waals surface area contributed by atoms with Gasteiger partial charge in [-0.2, -0.15) is 9.78 Å². The molecule has 24 heavy (non-hydrogen) atoms. The summed E-state index contributed by atoms with van der Waals surface area (Å²) in [5, 5.41) is 4.52. The number of hydrogen-bond donors (Lipinski definition) is 0. The second-order valence-electron chi connectivity index (χ2n) is 6.26. The van der Waals surface area contributed by atoms with Crippen LogP contribution < -0.4 is 10.5 Å². The molecule has 0 radical (unpaired) electrons. The van der Waals surface area contributed by atoms with Crippen LogP contribution >= 0.6 is 11.6 Å². The molecule has 2 aromatic rings. The van der Waals surface area contributed by atoms with Crippen molar-refractivity contribution in [1.29, 1.82) is 0 Å². The summed E-state index contributed by atoms with van der Waals surface area (Å²) in [6.45, 7) is 3.19. The highest BCUT2D eigenvalue weighted by atomic mass is 35.5. The summed E-state index contributed by atoms with van der Waals surface area (Å²) in [5.41, 5.74) is 1.08. The number of halogens is 1. The van der Waals surface area contributed by atoms with E-state index in [2.05, 4.69) is 21.9 Å². The van der Waals surface area contributed by atoms with Gasteiger partial charge in [0.25, 0.3) is 5.56 Å². The van der Waals surface area contributed by atoms with Gasteiger partial charge in [-0.25, -0.2) is 0 Å². The Bertz CT molecular complexity index is 795. The van der Waals surface area contributed by atoms with E-state index >= 15 is 0 Å². The van der Waals surface area contributed by atoms with Crippen LogP contribution in [-0.2, 0) is 4.74 Å². The van der Waals surface area contributed by atoms with Crippen LogP contribution in [0.5, 0.6) is 0 Å². The second kappa shape index (κ2) is 6.20. The Labute approximate surface area is 145 Å². The molecule has 1 aromatic carbocycles. The zero-order valence-corrected chi connectivity index (χ0v) is 14.2. The molecule has 7 heteroatoms. The first-order valence-corrected chi connectivity index (χ1v) is 8.43. The third kappa shape index (κ3) is 2.60. The third-order valence-electron chi connectivity index (χ3n) is 4.82. The van der Waals surface area contributed by atoms with E-state index in [4.69, 9.17) is 16.3 Å². The molecule has 2 saturated heterocycles. The molecule has 2 atom stereocenters. The van der Waals surface area contributed by atoms with Crippen molar-refractivity contribution in [1.82, 2.24) is 14.7 Å². The van der Waals surface area contributed by atoms with Crippen molar-refractivity contribution < 1.29 is 4.74 Å². The molecule has 0 amide bonds. The Morgan fingerprint density at radius 1 is 1.25 bits per heavy atom. The lowest BCUT2D eigenvalue weighted by molar-refractivity contribution is -0.0362. The zero-order chi connectivity index (χ0) is 16.7. The maximum absolute atomic E-state index is 12.6. The zero-order valence-electron chi connectivity index (χ0n) is 13.4. The van der Waals surface area contributed by atoms with Crippen molar-refractivity contribution in [2.75, 3.05) is 38.2 Å². The van der Waals surface area contributed by atoms with Gasteiger partial charge in [-0.15, -0.1) is 0 Å². The van der Waals surface area contributed by atoms with Crippen LogP contribution in [0.2, 0.25) is 5.02 Å². The highest BCUT2D eigenvalue weighted by molar-refractivity contribution is 6.33. The van der Waals surface area contributed by atoms with Gasteiger partial charge in [-0.1, -0.05) is 29.8 Å². The SMILES string of the molecule is CN1CCOC2CN(c3cnn(-c4ccccc4)c(=O)c3Cl)CC21. The number of nitrogens with zero attached hydrogens (tertiary/aromatic N) is 4. The molecule has 0 saturated carbocycles. The van der Waals surface area contributed by atoms with Crippen LogP contribution in [0.25, 0.3) is 5.69 Å². The number of anilines is 1. The van der Waals surface area contributed by atoms with Crippen molar-refractivity contribution in [2.45, 2.75) is 12.1 Å². The van der Waals surface area contributed by atoms with E-state index in [1.165, 1.54) is 4.68 Å². The molecule has 0 spiro atoms. The van der Waals surface area contributed by atoms with E-state index < -0.39 is 0 Å². The number of rotatable bonds is 2. The van der Waals surface area contributed by atoms with Crippen LogP contribution in [0, 0.1) is 0 Å². The summed E-state index contributed by atoms with van der Waals surface area (Å²) in [6, 6.07) is 9.61. The van der Waals surface area contributed by atoms with E-state index in [0.717, 1.165) is 26.2 Å². The predicted molar refractivity (Wildman–Crippen MR) is 93.2 cm³/mol. The molecule has 1 aromatic heterocycles. The molecule has 4 rings (SSSR count). The van der Waals surface area contributed by atoms with Crippen molar-refractivity contribution in [3.63, 3.8) is 0 Å². The summed E-state index contributed by atoms with van der Waals surface area (Å²) in [6.07, 6.45) is 1.82. The molecular weight excluding hydrogens is 328 g/mol. The smallest absolute Gasteiger partial charge is 0.292 e. The number of ether oxygens (including phenoxy) is 1. The lowest BCUT2D eigenvalue weighted by Gasteiger charge is -2.33. The number of morpholine rings is 1. The van der Waals surface area contributed by atoms with E-state index in [0.29, 0.717) is 17.4 Å². The largest absolute Gasteiger partial charge is 0.373 e. The summed E-state index contributed by atoms with van der Waals surface area (Å²) < 4.78 is 7.19. The van der Waals surface area contributed by atoms with Gasteiger partial charge >= 0.3 is 0 Å². The molecular formula is C17H19ClN4O2. The minimum absolute atomic E-state index is 0.149. The first-order valence-electron chi connectivity index (χ1n) is 8.05. The van der Waals surface area contributed by atoms with Gasteiger partial charge in [-0.05, 0) is 19.2 Å². The summed E-state index contributed by atoms with van der Waals surface area (Å²) in [7, 11) is 2.11. The number of hydrogen-bond acceptors (Lipinski definition) is 5. The molecule has 2 aliphatic heterocycles. The van der Waals surface area contributed by atoms with E-state index in [9.17, 15) is 4.79 Å². The standard InChI is InChI=1S/C17H19ClN4O2/c1-20-7-8-24-15-11-21(10-14(15)20)13-9-19-22(17(23)16(13)18)12-5-3-2-4-6-12/h2-6,9,14-15H,7-8,10-11H2,1H3. The van der Waals surface area contributed by atoms with Gasteiger partial charge in [-0.3, -0.25) is 9.69 Å². The van der Waals surface area contributed by atoms with Crippen molar-refractivity contribution in [3.05, 3.63) is 51.9 Å². The summed E-state index contributed by atoms with van der Waals surface area (Å²) in [4.78, 5) is 17.0. The van der Waals surface area contributed by atoms with Gasteiger partial charge in [0, 0.05) is 19.6 Å². The number of benzene rings is 1. The average Bonchev–Trinajstić information content (AvgIpc) is 3.03. The van der Waals surface area contributed by atoms with Crippen LogP contribution in [0.1, 0.15) is 0 Å². The molecule has 126 valence electrons. The molecule has 2 fully saturated rings. The number of para-hydroxylation sites is 1. The van der Waals surface area contributed by atoms with E-state index in [1.807, 2.05) is 30.3 Å². The number of likely N-dealkylation sites (N-methyl/N-ethyl adjacent to an activating group) is 1. The Kier molecular flexibility index (Phi) is 4.04. The topological polar surface area (TPSA) is 50.6 Å². The average molecular weight is 347 g/mol. The minimum Gasteiger partial charge on any atom is -0.373 e. The van der Waals surface area contributed by atoms with Crippen LogP contribution in [-0.4, -0.2) is 60.1 Å². The maximum Gasteiger partial charge on any atom is 0.292 e. The van der Waals surface area contributed by atoms with E-state index in [-0.39, 0.29) is 16.7 Å². The van der Waals surface area contributed by atoms with Gasteiger partial charge in [0.2, 0.25) is 0 Å². The summed E-state index contributed by atoms with van der Waals surface area (Å²) in [5.74, 6) is 0. The van der Waals surface area contributed by atoms with Crippen LogP contribution in [0.3, 0.4) is 0 Å². The van der Waals surface area contributed by atoms with Crippen LogP contribution in [0.4, 0.5) is 5.69 Å². The fraction of sp³-hybridized carbons (Fsp3) is 0.412. The molecule has 3 heterocycles. The van der Waals surface area contributed by atoms with Gasteiger partial charge in [0.05, 0.1) is 36.3 Å². The Hall–Kier alpha value is -1.89. The molecule has 6 nitrogen and oxygen atoms in total. The molecule has 0 N–H and O–H groups in total. The molecule has 0 bridgehead atoms. The fourth-order valence-electron chi connectivity index (χ4n) is 3.45. The second-order valence-corrected chi connectivity index (χ2v) is 6.64. The lowest BCUT2D eigenvalue weighted by Crippen LogP contribution is -2.48. The Morgan fingerprint density at radius 3 is 2.79 bits per heavy atom. The highest BCUT2D eigenvalue weighted by Gasteiger charge is 2.39. The Morgan fingerprint density at radius 2 is 2.04 bits per heavy atom. The molecule has 0 aliphatic carbocycles. The van der Waals surface area contributed by atoms with E-state index in [1.54, 1.807) is 6.20 Å². The van der Waals surface area contributed by atoms with Crippen molar-refractivity contribution in [2.24, 2.45) is 0 Å². The van der Waals surface area contributed by atoms with Gasteiger partial charge in [0.1, 0.15) is 5.02 Å². The van der Waals surface area contributed by atoms with Crippen molar-refractivity contribution >= 4 is 17.3 Å². The van der Waals surface area contributed by atoms with Crippen LogP contribution in [0.15, 0.2) is 41.3 Å². The number of aromatic nitrogens is 2. The fourth-order valence-corrected chi connectivity index (χ4v) is 3.70. The quantitative estimate of drug-likeness (QED) is 0.823.